The maximum atomic E-state index is 3.46. The van der Waals surface area contributed by atoms with E-state index in [2.05, 4.69) is 24.1 Å². The summed E-state index contributed by atoms with van der Waals surface area (Å²) in [5.41, 5.74) is 0.700. The molecule has 0 aromatic carbocycles. The first-order valence-corrected chi connectivity index (χ1v) is 6.20. The molecule has 1 saturated heterocycles. The van der Waals surface area contributed by atoms with Gasteiger partial charge in [-0.15, -0.1) is 0 Å². The molecule has 0 amide bonds. The fourth-order valence-corrected chi connectivity index (χ4v) is 2.85. The van der Waals surface area contributed by atoms with Crippen LogP contribution in [0, 0.1) is 5.41 Å². The van der Waals surface area contributed by atoms with E-state index in [9.17, 15) is 0 Å². The Morgan fingerprint density at radius 2 is 2.21 bits per heavy atom. The number of hydrogen-bond donors (Lipinski definition) is 1. The zero-order valence-electron chi connectivity index (χ0n) is 9.68. The van der Waals surface area contributed by atoms with E-state index in [-0.39, 0.29) is 0 Å². The van der Waals surface area contributed by atoms with E-state index in [1.54, 1.807) is 0 Å². The largest absolute Gasteiger partial charge is 0.314 e. The second kappa shape index (κ2) is 4.19. The first-order chi connectivity index (χ1) is 6.76. The summed E-state index contributed by atoms with van der Waals surface area (Å²) in [5.74, 6) is 0. The highest BCUT2D eigenvalue weighted by Crippen LogP contribution is 2.44. The van der Waals surface area contributed by atoms with Crippen LogP contribution in [-0.2, 0) is 0 Å². The Kier molecular flexibility index (Phi) is 3.13. The van der Waals surface area contributed by atoms with Crippen LogP contribution in [0.3, 0.4) is 0 Å². The molecule has 2 fully saturated rings. The van der Waals surface area contributed by atoms with Gasteiger partial charge in [-0.3, -0.25) is 4.90 Å². The van der Waals surface area contributed by atoms with E-state index in [1.165, 1.54) is 51.9 Å². The molecule has 1 aliphatic carbocycles. The fourth-order valence-electron chi connectivity index (χ4n) is 2.85. The Morgan fingerprint density at radius 3 is 2.71 bits per heavy atom. The molecule has 1 heterocycles. The van der Waals surface area contributed by atoms with Gasteiger partial charge in [-0.2, -0.15) is 0 Å². The summed E-state index contributed by atoms with van der Waals surface area (Å²) in [4.78, 5) is 2.69. The molecule has 0 aromatic heterocycles. The second-order valence-electron chi connectivity index (χ2n) is 5.23. The van der Waals surface area contributed by atoms with Crippen molar-refractivity contribution in [2.75, 3.05) is 26.2 Å². The van der Waals surface area contributed by atoms with Gasteiger partial charge < -0.3 is 5.32 Å². The molecule has 0 radical (unpaired) electrons. The molecule has 2 nitrogen and oxygen atoms in total. The molecule has 1 saturated carbocycles. The predicted molar refractivity (Wildman–Crippen MR) is 60.5 cm³/mol. The summed E-state index contributed by atoms with van der Waals surface area (Å²) < 4.78 is 0. The standard InChI is InChI=1S/C12H24N2/c1-3-12(5-4-6-12)10-14-8-7-13-9-11(14)2/h11,13H,3-10H2,1-2H3. The molecule has 2 rings (SSSR count). The van der Waals surface area contributed by atoms with Gasteiger partial charge in [-0.05, 0) is 31.6 Å². The average Bonchev–Trinajstić information content (AvgIpc) is 2.14. The van der Waals surface area contributed by atoms with E-state index in [0.29, 0.717) is 5.41 Å². The third-order valence-corrected chi connectivity index (χ3v) is 4.34. The average molecular weight is 196 g/mol. The van der Waals surface area contributed by atoms with Crippen molar-refractivity contribution < 1.29 is 0 Å². The normalized spacial score (nSPS) is 32.6. The third kappa shape index (κ3) is 1.96. The van der Waals surface area contributed by atoms with Gasteiger partial charge in [0.1, 0.15) is 0 Å². The highest BCUT2D eigenvalue weighted by Gasteiger charge is 2.37. The van der Waals surface area contributed by atoms with Crippen molar-refractivity contribution in [2.24, 2.45) is 5.41 Å². The Balaban J connectivity index is 1.88. The first-order valence-electron chi connectivity index (χ1n) is 6.20. The topological polar surface area (TPSA) is 15.3 Å². The van der Waals surface area contributed by atoms with Crippen molar-refractivity contribution in [3.05, 3.63) is 0 Å². The lowest BCUT2D eigenvalue weighted by Gasteiger charge is -2.47. The molecule has 0 spiro atoms. The first kappa shape index (κ1) is 10.4. The Hall–Kier alpha value is -0.0800. The number of hydrogen-bond acceptors (Lipinski definition) is 2. The molecule has 1 aliphatic heterocycles. The lowest BCUT2D eigenvalue weighted by molar-refractivity contribution is 0.0356. The van der Waals surface area contributed by atoms with Gasteiger partial charge in [0.2, 0.25) is 0 Å². The summed E-state index contributed by atoms with van der Waals surface area (Å²) in [6.45, 7) is 9.69. The van der Waals surface area contributed by atoms with Crippen molar-refractivity contribution in [2.45, 2.75) is 45.6 Å². The van der Waals surface area contributed by atoms with Crippen LogP contribution in [0.2, 0.25) is 0 Å². The van der Waals surface area contributed by atoms with Crippen LogP contribution >= 0.6 is 0 Å². The van der Waals surface area contributed by atoms with Gasteiger partial charge in [-0.25, -0.2) is 0 Å². The van der Waals surface area contributed by atoms with Crippen LogP contribution in [0.1, 0.15) is 39.5 Å². The molecule has 82 valence electrons. The summed E-state index contributed by atoms with van der Waals surface area (Å²) in [5, 5.41) is 3.46. The van der Waals surface area contributed by atoms with E-state index in [0.717, 1.165) is 6.04 Å². The van der Waals surface area contributed by atoms with Gasteiger partial charge >= 0.3 is 0 Å². The van der Waals surface area contributed by atoms with Crippen molar-refractivity contribution in [1.29, 1.82) is 0 Å². The molecule has 2 heteroatoms. The molecule has 1 atom stereocenters. The molecule has 1 N–H and O–H groups in total. The minimum atomic E-state index is 0.700. The fraction of sp³-hybridized carbons (Fsp3) is 1.00. The number of nitrogens with one attached hydrogen (secondary N) is 1. The Bertz CT molecular complexity index is 181. The van der Waals surface area contributed by atoms with Gasteiger partial charge in [-0.1, -0.05) is 13.3 Å². The minimum Gasteiger partial charge on any atom is -0.314 e. The highest BCUT2D eigenvalue weighted by atomic mass is 15.2. The quantitative estimate of drug-likeness (QED) is 0.741. The van der Waals surface area contributed by atoms with Crippen LogP contribution < -0.4 is 5.32 Å². The van der Waals surface area contributed by atoms with Crippen LogP contribution in [0.5, 0.6) is 0 Å². The molecule has 1 unspecified atom stereocenters. The maximum Gasteiger partial charge on any atom is 0.0193 e. The van der Waals surface area contributed by atoms with Crippen LogP contribution in [-0.4, -0.2) is 37.1 Å². The zero-order chi connectivity index (χ0) is 10.0. The van der Waals surface area contributed by atoms with E-state index in [1.807, 2.05) is 0 Å². The lowest BCUT2D eigenvalue weighted by atomic mass is 9.66. The summed E-state index contributed by atoms with van der Waals surface area (Å²) in [6, 6.07) is 0.743. The highest BCUT2D eigenvalue weighted by molar-refractivity contribution is 4.91. The van der Waals surface area contributed by atoms with Gasteiger partial charge in [0.15, 0.2) is 0 Å². The molecule has 0 aromatic rings. The van der Waals surface area contributed by atoms with Crippen molar-refractivity contribution >= 4 is 0 Å². The molecular weight excluding hydrogens is 172 g/mol. The SMILES string of the molecule is CCC1(CN2CCNCC2C)CCC1. The lowest BCUT2D eigenvalue weighted by Crippen LogP contribution is -2.54. The maximum absolute atomic E-state index is 3.46. The monoisotopic (exact) mass is 196 g/mol. The van der Waals surface area contributed by atoms with Crippen molar-refractivity contribution in [3.8, 4) is 0 Å². The minimum absolute atomic E-state index is 0.700. The molecular formula is C12H24N2. The van der Waals surface area contributed by atoms with Gasteiger partial charge in [0.25, 0.3) is 0 Å². The summed E-state index contributed by atoms with van der Waals surface area (Å²) in [7, 11) is 0. The molecule has 14 heavy (non-hydrogen) atoms. The molecule has 2 aliphatic rings. The van der Waals surface area contributed by atoms with Crippen molar-refractivity contribution in [3.63, 3.8) is 0 Å². The third-order valence-electron chi connectivity index (χ3n) is 4.34. The number of nitrogens with zero attached hydrogens (tertiary/aromatic N) is 1. The van der Waals surface area contributed by atoms with Gasteiger partial charge in [0, 0.05) is 32.2 Å². The smallest absolute Gasteiger partial charge is 0.0193 e. The van der Waals surface area contributed by atoms with Crippen LogP contribution in [0.25, 0.3) is 0 Å². The Labute approximate surface area is 88.1 Å². The summed E-state index contributed by atoms with van der Waals surface area (Å²) in [6.07, 6.45) is 5.79. The number of rotatable bonds is 3. The van der Waals surface area contributed by atoms with E-state index < -0.39 is 0 Å². The predicted octanol–water partition coefficient (Wildman–Crippen LogP) is 1.86. The van der Waals surface area contributed by atoms with Crippen LogP contribution in [0.4, 0.5) is 0 Å². The zero-order valence-corrected chi connectivity index (χ0v) is 9.68. The van der Waals surface area contributed by atoms with E-state index in [4.69, 9.17) is 0 Å². The van der Waals surface area contributed by atoms with Crippen LogP contribution in [0.15, 0.2) is 0 Å². The number of piperazine rings is 1. The molecule has 0 bridgehead atoms. The Morgan fingerprint density at radius 1 is 1.43 bits per heavy atom. The summed E-state index contributed by atoms with van der Waals surface area (Å²) >= 11 is 0. The van der Waals surface area contributed by atoms with E-state index >= 15 is 0 Å². The van der Waals surface area contributed by atoms with Crippen molar-refractivity contribution in [1.82, 2.24) is 10.2 Å². The van der Waals surface area contributed by atoms with Gasteiger partial charge in [0.05, 0.1) is 0 Å². The second-order valence-corrected chi connectivity index (χ2v) is 5.23.